The zero-order valence-corrected chi connectivity index (χ0v) is 8.13. The van der Waals surface area contributed by atoms with Crippen molar-refractivity contribution in [1.29, 1.82) is 0 Å². The van der Waals surface area contributed by atoms with E-state index in [-0.39, 0.29) is 0 Å². The van der Waals surface area contributed by atoms with Gasteiger partial charge in [0.1, 0.15) is 25.3 Å². The molecule has 0 bridgehead atoms. The first-order valence-electron chi connectivity index (χ1n) is 4.55. The first kappa shape index (κ1) is 9.01. The van der Waals surface area contributed by atoms with E-state index in [0.29, 0.717) is 12.2 Å². The Morgan fingerprint density at radius 3 is 2.09 bits per heavy atom. The number of quaternary nitrogens is 1. The van der Waals surface area contributed by atoms with Crippen LogP contribution in [0, 0.1) is 0 Å². The summed E-state index contributed by atoms with van der Waals surface area (Å²) in [5.74, 6) is 0. The highest BCUT2D eigenvalue weighted by atomic mass is 16.5. The largest absolute Gasteiger partial charge is 0.364 e. The van der Waals surface area contributed by atoms with E-state index in [1.54, 1.807) is 0 Å². The normalized spacial score (nSPS) is 45.8. The summed E-state index contributed by atoms with van der Waals surface area (Å²) in [6, 6.07) is 0. The Balaban J connectivity index is 2.55. The molecule has 1 aliphatic rings. The Bertz CT molecular complexity index is 126. The Hall–Kier alpha value is -0.0800. The highest BCUT2D eigenvalue weighted by Crippen LogP contribution is 2.16. The second kappa shape index (κ2) is 3.11. The molecular weight excluding hydrogens is 138 g/mol. The molecular formula is C9H20NO+. The summed E-state index contributed by atoms with van der Waals surface area (Å²) < 4.78 is 6.84. The predicted octanol–water partition coefficient (Wildman–Crippen LogP) is 1.26. The fourth-order valence-corrected chi connectivity index (χ4v) is 2.06. The standard InChI is InChI=1S/C9H20NO/c1-5-10(4)6-8(2)11-9(3)7-10/h8-9H,5-7H2,1-4H3/q+1. The molecule has 66 valence electrons. The summed E-state index contributed by atoms with van der Waals surface area (Å²) in [5.41, 5.74) is 0. The number of nitrogens with zero attached hydrogens (tertiary/aromatic N) is 1. The quantitative estimate of drug-likeness (QED) is 0.522. The van der Waals surface area contributed by atoms with Crippen LogP contribution >= 0.6 is 0 Å². The number of likely N-dealkylation sites (N-methyl/N-ethyl adjacent to an activating group) is 1. The number of ether oxygens (including phenoxy) is 1. The summed E-state index contributed by atoms with van der Waals surface area (Å²) in [5, 5.41) is 0. The van der Waals surface area contributed by atoms with Gasteiger partial charge in [0.25, 0.3) is 0 Å². The SMILES string of the molecule is CC[N+]1(C)CC(C)OC(C)C1. The molecule has 0 aromatic carbocycles. The van der Waals surface area contributed by atoms with Crippen molar-refractivity contribution in [1.82, 2.24) is 0 Å². The second-order valence-corrected chi connectivity index (χ2v) is 4.06. The molecule has 0 N–H and O–H groups in total. The van der Waals surface area contributed by atoms with Gasteiger partial charge >= 0.3 is 0 Å². The van der Waals surface area contributed by atoms with Gasteiger partial charge in [-0.1, -0.05) is 0 Å². The highest BCUT2D eigenvalue weighted by Gasteiger charge is 2.31. The molecule has 0 aromatic heterocycles. The molecule has 2 unspecified atom stereocenters. The molecule has 0 radical (unpaired) electrons. The van der Waals surface area contributed by atoms with E-state index in [4.69, 9.17) is 4.74 Å². The minimum atomic E-state index is 0.434. The minimum Gasteiger partial charge on any atom is -0.364 e. The van der Waals surface area contributed by atoms with Gasteiger partial charge in [0, 0.05) is 0 Å². The maximum atomic E-state index is 5.67. The van der Waals surface area contributed by atoms with Gasteiger partial charge in [-0.15, -0.1) is 0 Å². The zero-order valence-electron chi connectivity index (χ0n) is 8.13. The van der Waals surface area contributed by atoms with Crippen LogP contribution in [0.5, 0.6) is 0 Å². The fraction of sp³-hybridized carbons (Fsp3) is 1.00. The summed E-state index contributed by atoms with van der Waals surface area (Å²) >= 11 is 0. The van der Waals surface area contributed by atoms with Crippen LogP contribution in [0.4, 0.5) is 0 Å². The van der Waals surface area contributed by atoms with Crippen LogP contribution in [0.25, 0.3) is 0 Å². The van der Waals surface area contributed by atoms with Crippen LogP contribution < -0.4 is 0 Å². The number of hydrogen-bond donors (Lipinski definition) is 0. The molecule has 2 heteroatoms. The molecule has 1 aliphatic heterocycles. The molecule has 1 saturated heterocycles. The van der Waals surface area contributed by atoms with Crippen molar-refractivity contribution in [2.75, 3.05) is 26.7 Å². The highest BCUT2D eigenvalue weighted by molar-refractivity contribution is 4.61. The molecule has 2 atom stereocenters. The molecule has 0 spiro atoms. The lowest BCUT2D eigenvalue weighted by Gasteiger charge is -2.42. The summed E-state index contributed by atoms with van der Waals surface area (Å²) in [4.78, 5) is 0. The smallest absolute Gasteiger partial charge is 0.105 e. The minimum absolute atomic E-state index is 0.434. The van der Waals surface area contributed by atoms with Gasteiger partial charge in [-0.3, -0.25) is 0 Å². The predicted molar refractivity (Wildman–Crippen MR) is 46.5 cm³/mol. The van der Waals surface area contributed by atoms with Crippen molar-refractivity contribution in [2.45, 2.75) is 33.0 Å². The molecule has 0 saturated carbocycles. The van der Waals surface area contributed by atoms with Crippen molar-refractivity contribution in [2.24, 2.45) is 0 Å². The Labute approximate surface area is 69.7 Å². The lowest BCUT2D eigenvalue weighted by molar-refractivity contribution is -0.921. The van der Waals surface area contributed by atoms with Crippen molar-refractivity contribution in [3.63, 3.8) is 0 Å². The fourth-order valence-electron chi connectivity index (χ4n) is 2.06. The van der Waals surface area contributed by atoms with Crippen LogP contribution in [0.3, 0.4) is 0 Å². The molecule has 1 rings (SSSR count). The molecule has 1 heterocycles. The Morgan fingerprint density at radius 1 is 1.27 bits per heavy atom. The van der Waals surface area contributed by atoms with Gasteiger partial charge in [0.05, 0.1) is 13.6 Å². The second-order valence-electron chi connectivity index (χ2n) is 4.06. The van der Waals surface area contributed by atoms with Crippen LogP contribution in [0.2, 0.25) is 0 Å². The van der Waals surface area contributed by atoms with Crippen LogP contribution in [0.15, 0.2) is 0 Å². The summed E-state index contributed by atoms with van der Waals surface area (Å²) in [6.45, 7) is 10.1. The maximum absolute atomic E-state index is 5.67. The number of rotatable bonds is 1. The lowest BCUT2D eigenvalue weighted by atomic mass is 10.2. The Kier molecular flexibility index (Phi) is 2.55. The van der Waals surface area contributed by atoms with E-state index >= 15 is 0 Å². The maximum Gasteiger partial charge on any atom is 0.105 e. The molecule has 0 aromatic rings. The van der Waals surface area contributed by atoms with Crippen molar-refractivity contribution in [3.8, 4) is 0 Å². The molecule has 0 amide bonds. The third-order valence-corrected chi connectivity index (χ3v) is 2.62. The van der Waals surface area contributed by atoms with Crippen molar-refractivity contribution < 1.29 is 9.22 Å². The van der Waals surface area contributed by atoms with Gasteiger partial charge in [-0.05, 0) is 20.8 Å². The van der Waals surface area contributed by atoms with E-state index in [0.717, 1.165) is 0 Å². The number of morpholine rings is 1. The summed E-state index contributed by atoms with van der Waals surface area (Å²) in [6.07, 6.45) is 0.868. The van der Waals surface area contributed by atoms with Gasteiger partial charge in [-0.25, -0.2) is 0 Å². The summed E-state index contributed by atoms with van der Waals surface area (Å²) in [7, 11) is 2.32. The average Bonchev–Trinajstić information content (AvgIpc) is 1.84. The lowest BCUT2D eigenvalue weighted by Crippen LogP contribution is -2.57. The van der Waals surface area contributed by atoms with Crippen LogP contribution in [0.1, 0.15) is 20.8 Å². The van der Waals surface area contributed by atoms with E-state index in [1.165, 1.54) is 24.1 Å². The van der Waals surface area contributed by atoms with Crippen molar-refractivity contribution in [3.05, 3.63) is 0 Å². The van der Waals surface area contributed by atoms with E-state index in [2.05, 4.69) is 27.8 Å². The van der Waals surface area contributed by atoms with E-state index < -0.39 is 0 Å². The van der Waals surface area contributed by atoms with Gasteiger partial charge < -0.3 is 9.22 Å². The van der Waals surface area contributed by atoms with Gasteiger partial charge in [0.2, 0.25) is 0 Å². The van der Waals surface area contributed by atoms with Gasteiger partial charge in [0.15, 0.2) is 0 Å². The molecule has 1 fully saturated rings. The molecule has 2 nitrogen and oxygen atoms in total. The van der Waals surface area contributed by atoms with Gasteiger partial charge in [-0.2, -0.15) is 0 Å². The van der Waals surface area contributed by atoms with E-state index in [1.807, 2.05) is 0 Å². The average molecular weight is 158 g/mol. The third-order valence-electron chi connectivity index (χ3n) is 2.62. The third kappa shape index (κ3) is 2.17. The molecule has 0 aliphatic carbocycles. The monoisotopic (exact) mass is 158 g/mol. The van der Waals surface area contributed by atoms with E-state index in [9.17, 15) is 0 Å². The van der Waals surface area contributed by atoms with Crippen LogP contribution in [-0.4, -0.2) is 43.4 Å². The van der Waals surface area contributed by atoms with Crippen molar-refractivity contribution >= 4 is 0 Å². The first-order valence-corrected chi connectivity index (χ1v) is 4.55. The topological polar surface area (TPSA) is 9.23 Å². The van der Waals surface area contributed by atoms with Crippen LogP contribution in [-0.2, 0) is 4.74 Å². The molecule has 11 heavy (non-hydrogen) atoms. The number of hydrogen-bond acceptors (Lipinski definition) is 1. The zero-order chi connectivity index (χ0) is 8.48. The first-order chi connectivity index (χ1) is 5.06. The Morgan fingerprint density at radius 2 is 1.73 bits per heavy atom.